The van der Waals surface area contributed by atoms with E-state index in [1.54, 1.807) is 0 Å². The molecular formula is C14H18O2. The quantitative estimate of drug-likeness (QED) is 0.516. The first-order valence-corrected chi connectivity index (χ1v) is 5.66. The molecule has 0 aliphatic carbocycles. The van der Waals surface area contributed by atoms with Crippen LogP contribution < -0.4 is 9.47 Å². The fraction of sp³-hybridized carbons (Fsp3) is 0.429. The van der Waals surface area contributed by atoms with Crippen molar-refractivity contribution in [1.29, 1.82) is 0 Å². The van der Waals surface area contributed by atoms with Crippen LogP contribution in [0.1, 0.15) is 26.2 Å². The summed E-state index contributed by atoms with van der Waals surface area (Å²) in [6, 6.07) is 7.56. The van der Waals surface area contributed by atoms with E-state index in [4.69, 9.17) is 15.9 Å². The number of hydrogen-bond acceptors (Lipinski definition) is 2. The Morgan fingerprint density at radius 2 is 1.94 bits per heavy atom. The third-order valence-electron chi connectivity index (χ3n) is 2.14. The van der Waals surface area contributed by atoms with Crippen LogP contribution in [0.5, 0.6) is 11.5 Å². The van der Waals surface area contributed by atoms with Crippen LogP contribution in [0.4, 0.5) is 0 Å². The average Bonchev–Trinajstić information content (AvgIpc) is 2.33. The third kappa shape index (κ3) is 4.75. The average molecular weight is 218 g/mol. The maximum atomic E-state index is 5.60. The highest BCUT2D eigenvalue weighted by Gasteiger charge is 1.97. The molecule has 1 aromatic rings. The Labute approximate surface area is 97.6 Å². The van der Waals surface area contributed by atoms with E-state index in [1.165, 1.54) is 12.8 Å². The van der Waals surface area contributed by atoms with Gasteiger partial charge in [-0.3, -0.25) is 0 Å². The standard InChI is InChI=1S/C14H18O2/c1-3-5-6-11-16-14-9-7-8-13(12-14)15-10-4-2/h2,7-9,12H,3,5-6,10-11H2,1H3. The van der Waals surface area contributed by atoms with Crippen LogP contribution in [-0.4, -0.2) is 13.2 Å². The summed E-state index contributed by atoms with van der Waals surface area (Å²) in [6.45, 7) is 3.22. The van der Waals surface area contributed by atoms with Crippen molar-refractivity contribution in [3.8, 4) is 23.8 Å². The maximum absolute atomic E-state index is 5.60. The molecule has 0 aliphatic rings. The Morgan fingerprint density at radius 3 is 2.62 bits per heavy atom. The number of terminal acetylenes is 1. The third-order valence-corrected chi connectivity index (χ3v) is 2.14. The van der Waals surface area contributed by atoms with E-state index in [0.717, 1.165) is 24.5 Å². The first kappa shape index (κ1) is 12.4. The van der Waals surface area contributed by atoms with Gasteiger partial charge in [0.15, 0.2) is 0 Å². The molecule has 1 aromatic carbocycles. The first-order chi connectivity index (χ1) is 7.86. The van der Waals surface area contributed by atoms with Crippen molar-refractivity contribution in [2.24, 2.45) is 0 Å². The Morgan fingerprint density at radius 1 is 1.19 bits per heavy atom. The number of benzene rings is 1. The maximum Gasteiger partial charge on any atom is 0.148 e. The smallest absolute Gasteiger partial charge is 0.148 e. The van der Waals surface area contributed by atoms with Crippen molar-refractivity contribution >= 4 is 0 Å². The fourth-order valence-electron chi connectivity index (χ4n) is 1.32. The summed E-state index contributed by atoms with van der Waals surface area (Å²) in [5.74, 6) is 4.03. The van der Waals surface area contributed by atoms with Gasteiger partial charge >= 0.3 is 0 Å². The van der Waals surface area contributed by atoms with E-state index in [1.807, 2.05) is 24.3 Å². The van der Waals surface area contributed by atoms with Crippen molar-refractivity contribution < 1.29 is 9.47 Å². The predicted molar refractivity (Wildman–Crippen MR) is 65.8 cm³/mol. The summed E-state index contributed by atoms with van der Waals surface area (Å²) in [4.78, 5) is 0. The second-order valence-corrected chi connectivity index (χ2v) is 3.52. The highest BCUT2D eigenvalue weighted by molar-refractivity contribution is 5.33. The molecule has 0 saturated heterocycles. The van der Waals surface area contributed by atoms with Crippen LogP contribution in [0.25, 0.3) is 0 Å². The zero-order chi connectivity index (χ0) is 11.6. The van der Waals surface area contributed by atoms with E-state index in [9.17, 15) is 0 Å². The highest BCUT2D eigenvalue weighted by Crippen LogP contribution is 2.19. The lowest BCUT2D eigenvalue weighted by Gasteiger charge is -2.07. The molecule has 0 bridgehead atoms. The summed E-state index contributed by atoms with van der Waals surface area (Å²) in [7, 11) is 0. The van der Waals surface area contributed by atoms with Gasteiger partial charge in [-0.25, -0.2) is 0 Å². The molecule has 0 amide bonds. The lowest BCUT2D eigenvalue weighted by molar-refractivity contribution is 0.302. The zero-order valence-electron chi connectivity index (χ0n) is 9.74. The predicted octanol–water partition coefficient (Wildman–Crippen LogP) is 3.27. The van der Waals surface area contributed by atoms with Gasteiger partial charge in [0.2, 0.25) is 0 Å². The second kappa shape index (κ2) is 7.64. The van der Waals surface area contributed by atoms with Crippen molar-refractivity contribution in [3.63, 3.8) is 0 Å². The molecule has 0 aliphatic heterocycles. The highest BCUT2D eigenvalue weighted by atomic mass is 16.5. The molecule has 16 heavy (non-hydrogen) atoms. The Kier molecular flexibility index (Phi) is 5.95. The minimum atomic E-state index is 0.291. The minimum absolute atomic E-state index is 0.291. The van der Waals surface area contributed by atoms with Crippen LogP contribution in [-0.2, 0) is 0 Å². The van der Waals surface area contributed by atoms with Crippen molar-refractivity contribution in [2.45, 2.75) is 26.2 Å². The van der Waals surface area contributed by atoms with Crippen LogP contribution >= 0.6 is 0 Å². The lowest BCUT2D eigenvalue weighted by Crippen LogP contribution is -1.98. The summed E-state index contributed by atoms with van der Waals surface area (Å²) in [6.07, 6.45) is 8.62. The molecular weight excluding hydrogens is 200 g/mol. The summed E-state index contributed by atoms with van der Waals surface area (Å²) < 4.78 is 10.9. The molecule has 0 spiro atoms. The summed E-state index contributed by atoms with van der Waals surface area (Å²) in [5.41, 5.74) is 0. The van der Waals surface area contributed by atoms with Gasteiger partial charge < -0.3 is 9.47 Å². The molecule has 0 heterocycles. The van der Waals surface area contributed by atoms with E-state index < -0.39 is 0 Å². The molecule has 0 saturated carbocycles. The van der Waals surface area contributed by atoms with Gasteiger partial charge in [-0.15, -0.1) is 6.42 Å². The molecule has 0 radical (unpaired) electrons. The van der Waals surface area contributed by atoms with Crippen molar-refractivity contribution in [3.05, 3.63) is 24.3 Å². The normalized spacial score (nSPS) is 9.50. The number of unbranched alkanes of at least 4 members (excludes halogenated alkanes) is 2. The van der Waals surface area contributed by atoms with Crippen LogP contribution in [0, 0.1) is 12.3 Å². The largest absolute Gasteiger partial charge is 0.493 e. The molecule has 0 fully saturated rings. The second-order valence-electron chi connectivity index (χ2n) is 3.52. The molecule has 0 atom stereocenters. The molecule has 86 valence electrons. The van der Waals surface area contributed by atoms with Gasteiger partial charge in [0.25, 0.3) is 0 Å². The molecule has 0 unspecified atom stereocenters. The van der Waals surface area contributed by atoms with Gasteiger partial charge in [0.1, 0.15) is 18.1 Å². The molecule has 2 nitrogen and oxygen atoms in total. The molecule has 0 aromatic heterocycles. The van der Waals surface area contributed by atoms with Gasteiger partial charge in [-0.05, 0) is 18.6 Å². The molecule has 0 N–H and O–H groups in total. The topological polar surface area (TPSA) is 18.5 Å². The van der Waals surface area contributed by atoms with Gasteiger partial charge in [0, 0.05) is 6.07 Å². The number of rotatable bonds is 7. The summed E-state index contributed by atoms with van der Waals surface area (Å²) in [5, 5.41) is 0. The minimum Gasteiger partial charge on any atom is -0.493 e. The van der Waals surface area contributed by atoms with E-state index >= 15 is 0 Å². The lowest BCUT2D eigenvalue weighted by atomic mass is 10.3. The van der Waals surface area contributed by atoms with Gasteiger partial charge in [-0.2, -0.15) is 0 Å². The van der Waals surface area contributed by atoms with Crippen LogP contribution in [0.3, 0.4) is 0 Å². The fourth-order valence-corrected chi connectivity index (χ4v) is 1.32. The number of hydrogen-bond donors (Lipinski definition) is 0. The van der Waals surface area contributed by atoms with Gasteiger partial charge in [-0.1, -0.05) is 31.8 Å². The van der Waals surface area contributed by atoms with E-state index in [0.29, 0.717) is 6.61 Å². The molecule has 2 heteroatoms. The first-order valence-electron chi connectivity index (χ1n) is 5.66. The Bertz CT molecular complexity index is 339. The van der Waals surface area contributed by atoms with Crippen LogP contribution in [0.2, 0.25) is 0 Å². The summed E-state index contributed by atoms with van der Waals surface area (Å²) >= 11 is 0. The van der Waals surface area contributed by atoms with Crippen molar-refractivity contribution in [2.75, 3.05) is 13.2 Å². The Hall–Kier alpha value is -1.62. The van der Waals surface area contributed by atoms with Crippen LogP contribution in [0.15, 0.2) is 24.3 Å². The van der Waals surface area contributed by atoms with E-state index in [-0.39, 0.29) is 0 Å². The van der Waals surface area contributed by atoms with Crippen molar-refractivity contribution in [1.82, 2.24) is 0 Å². The zero-order valence-corrected chi connectivity index (χ0v) is 9.74. The number of ether oxygens (including phenoxy) is 2. The van der Waals surface area contributed by atoms with E-state index in [2.05, 4.69) is 12.8 Å². The Balaban J connectivity index is 2.38. The SMILES string of the molecule is C#CCOc1cccc(OCCCCC)c1. The monoisotopic (exact) mass is 218 g/mol. The molecule has 1 rings (SSSR count). The van der Waals surface area contributed by atoms with Gasteiger partial charge in [0.05, 0.1) is 6.61 Å².